The largest absolute Gasteiger partial charge is 0.375 e. The van der Waals surface area contributed by atoms with E-state index in [0.717, 1.165) is 19.4 Å². The lowest BCUT2D eigenvalue weighted by Gasteiger charge is -2.29. The van der Waals surface area contributed by atoms with Crippen LogP contribution in [-0.4, -0.2) is 37.2 Å². The zero-order valence-corrected chi connectivity index (χ0v) is 14.4. The van der Waals surface area contributed by atoms with Gasteiger partial charge in [-0.2, -0.15) is 0 Å². The average Bonchev–Trinajstić information content (AvgIpc) is 2.27. The molecular weight excluding hydrogens is 252 g/mol. The van der Waals surface area contributed by atoms with Crippen LogP contribution in [0.4, 0.5) is 0 Å². The SMILES string of the molecule is CNC(C)(C)CCOC(C)(C)CCNC(=O)CC(C)C. The molecule has 0 fully saturated rings. The number of hydrogen-bond donors (Lipinski definition) is 2. The van der Waals surface area contributed by atoms with Gasteiger partial charge in [-0.3, -0.25) is 4.79 Å². The molecule has 0 aromatic rings. The molecule has 0 heterocycles. The van der Waals surface area contributed by atoms with E-state index >= 15 is 0 Å². The molecule has 4 nitrogen and oxygen atoms in total. The zero-order chi connectivity index (χ0) is 15.8. The third-order valence-electron chi connectivity index (χ3n) is 3.54. The molecule has 0 radical (unpaired) electrons. The predicted octanol–water partition coefficient (Wildman–Crippen LogP) is 2.72. The standard InChI is InChI=1S/C16H34N2O2/c1-13(2)12-14(19)18-10-8-16(5,6)20-11-9-15(3,4)17-7/h13,17H,8-12H2,1-7H3,(H,18,19). The van der Waals surface area contributed by atoms with Crippen LogP contribution in [0.25, 0.3) is 0 Å². The van der Waals surface area contributed by atoms with Crippen molar-refractivity contribution < 1.29 is 9.53 Å². The first kappa shape index (κ1) is 19.4. The van der Waals surface area contributed by atoms with E-state index in [0.29, 0.717) is 18.9 Å². The summed E-state index contributed by atoms with van der Waals surface area (Å²) in [7, 11) is 1.97. The molecule has 0 unspecified atom stereocenters. The normalized spacial score (nSPS) is 12.8. The monoisotopic (exact) mass is 286 g/mol. The van der Waals surface area contributed by atoms with E-state index in [1.165, 1.54) is 0 Å². The summed E-state index contributed by atoms with van der Waals surface area (Å²) in [6.07, 6.45) is 2.39. The van der Waals surface area contributed by atoms with E-state index in [1.807, 2.05) is 7.05 Å². The molecule has 1 amide bonds. The lowest BCUT2D eigenvalue weighted by atomic mass is 10.0. The molecule has 2 N–H and O–H groups in total. The Bertz CT molecular complexity index is 286. The van der Waals surface area contributed by atoms with Crippen LogP contribution >= 0.6 is 0 Å². The summed E-state index contributed by atoms with van der Waals surface area (Å²) in [6, 6.07) is 0. The lowest BCUT2D eigenvalue weighted by molar-refractivity contribution is -0.122. The molecule has 0 saturated carbocycles. The second kappa shape index (κ2) is 8.63. The van der Waals surface area contributed by atoms with Gasteiger partial charge in [0, 0.05) is 25.1 Å². The number of amides is 1. The minimum Gasteiger partial charge on any atom is -0.375 e. The lowest BCUT2D eigenvalue weighted by Crippen LogP contribution is -2.39. The predicted molar refractivity (Wildman–Crippen MR) is 84.9 cm³/mol. The highest BCUT2D eigenvalue weighted by Crippen LogP contribution is 2.16. The van der Waals surface area contributed by atoms with Gasteiger partial charge < -0.3 is 15.4 Å². The Balaban J connectivity index is 3.87. The minimum absolute atomic E-state index is 0.0988. The quantitative estimate of drug-likeness (QED) is 0.649. The van der Waals surface area contributed by atoms with Crippen molar-refractivity contribution in [2.24, 2.45) is 5.92 Å². The van der Waals surface area contributed by atoms with E-state index < -0.39 is 0 Å². The van der Waals surface area contributed by atoms with Crippen molar-refractivity contribution in [1.82, 2.24) is 10.6 Å². The van der Waals surface area contributed by atoms with Gasteiger partial charge in [0.05, 0.1) is 5.60 Å². The molecule has 4 heteroatoms. The molecular formula is C16H34N2O2. The van der Waals surface area contributed by atoms with E-state index in [2.05, 4.69) is 52.2 Å². The maximum atomic E-state index is 11.6. The second-order valence-electron chi connectivity index (χ2n) is 7.19. The Morgan fingerprint density at radius 1 is 1.15 bits per heavy atom. The third kappa shape index (κ3) is 10.2. The first-order chi connectivity index (χ1) is 9.08. The second-order valence-corrected chi connectivity index (χ2v) is 7.19. The molecule has 0 aromatic heterocycles. The van der Waals surface area contributed by atoms with Crippen LogP contribution in [0.5, 0.6) is 0 Å². The van der Waals surface area contributed by atoms with Gasteiger partial charge in [-0.1, -0.05) is 13.8 Å². The zero-order valence-electron chi connectivity index (χ0n) is 14.4. The molecule has 0 aliphatic carbocycles. The molecule has 0 atom stereocenters. The van der Waals surface area contributed by atoms with Crippen molar-refractivity contribution in [3.05, 3.63) is 0 Å². The maximum absolute atomic E-state index is 11.6. The summed E-state index contributed by atoms with van der Waals surface area (Å²) in [5.74, 6) is 0.537. The fraction of sp³-hybridized carbons (Fsp3) is 0.938. The summed E-state index contributed by atoms with van der Waals surface area (Å²) in [5, 5.41) is 6.22. The van der Waals surface area contributed by atoms with Gasteiger partial charge in [0.25, 0.3) is 0 Å². The molecule has 0 aliphatic heterocycles. The highest BCUT2D eigenvalue weighted by molar-refractivity contribution is 5.75. The number of rotatable bonds is 10. The molecule has 0 aliphatic rings. The number of ether oxygens (including phenoxy) is 1. The Kier molecular flexibility index (Phi) is 8.36. The van der Waals surface area contributed by atoms with E-state index in [1.54, 1.807) is 0 Å². The molecule has 20 heavy (non-hydrogen) atoms. The van der Waals surface area contributed by atoms with Crippen LogP contribution in [0, 0.1) is 5.92 Å². The molecule has 0 rings (SSSR count). The Labute approximate surface area is 125 Å². The summed E-state index contributed by atoms with van der Waals surface area (Å²) < 4.78 is 5.94. The van der Waals surface area contributed by atoms with Gasteiger partial charge in [-0.05, 0) is 53.5 Å². The topological polar surface area (TPSA) is 50.4 Å². The minimum atomic E-state index is -0.199. The molecule has 0 aromatic carbocycles. The van der Waals surface area contributed by atoms with Crippen molar-refractivity contribution >= 4 is 5.91 Å². The first-order valence-corrected chi connectivity index (χ1v) is 7.67. The van der Waals surface area contributed by atoms with Crippen molar-refractivity contribution in [3.63, 3.8) is 0 Å². The van der Waals surface area contributed by atoms with Gasteiger partial charge in [-0.15, -0.1) is 0 Å². The summed E-state index contributed by atoms with van der Waals surface area (Å²) in [6.45, 7) is 14.0. The van der Waals surface area contributed by atoms with Crippen molar-refractivity contribution in [2.45, 2.75) is 71.9 Å². The van der Waals surface area contributed by atoms with Gasteiger partial charge in [0.1, 0.15) is 0 Å². The maximum Gasteiger partial charge on any atom is 0.220 e. The highest BCUT2D eigenvalue weighted by Gasteiger charge is 2.21. The fourth-order valence-electron chi connectivity index (χ4n) is 1.73. The van der Waals surface area contributed by atoms with Crippen molar-refractivity contribution in [2.75, 3.05) is 20.2 Å². The number of carbonyl (C=O) groups excluding carboxylic acids is 1. The van der Waals surface area contributed by atoms with E-state index in [4.69, 9.17) is 4.74 Å². The summed E-state index contributed by atoms with van der Waals surface area (Å²) in [4.78, 5) is 11.6. The van der Waals surface area contributed by atoms with Crippen molar-refractivity contribution in [1.29, 1.82) is 0 Å². The summed E-state index contributed by atoms with van der Waals surface area (Å²) >= 11 is 0. The van der Waals surface area contributed by atoms with Gasteiger partial charge >= 0.3 is 0 Å². The highest BCUT2D eigenvalue weighted by atomic mass is 16.5. The van der Waals surface area contributed by atoms with Gasteiger partial charge in [0.2, 0.25) is 5.91 Å². The van der Waals surface area contributed by atoms with Crippen LogP contribution in [0.15, 0.2) is 0 Å². The number of nitrogens with one attached hydrogen (secondary N) is 2. The molecule has 0 saturated heterocycles. The Morgan fingerprint density at radius 2 is 1.75 bits per heavy atom. The number of hydrogen-bond acceptors (Lipinski definition) is 3. The molecule has 0 spiro atoms. The average molecular weight is 286 g/mol. The summed E-state index contributed by atoms with van der Waals surface area (Å²) in [5.41, 5.74) is -0.101. The Morgan fingerprint density at radius 3 is 2.25 bits per heavy atom. The van der Waals surface area contributed by atoms with E-state index in [9.17, 15) is 4.79 Å². The van der Waals surface area contributed by atoms with Gasteiger partial charge in [-0.25, -0.2) is 0 Å². The van der Waals surface area contributed by atoms with Crippen LogP contribution < -0.4 is 10.6 Å². The Hall–Kier alpha value is -0.610. The molecule has 120 valence electrons. The molecule has 0 bridgehead atoms. The van der Waals surface area contributed by atoms with Crippen LogP contribution in [-0.2, 0) is 9.53 Å². The fourth-order valence-corrected chi connectivity index (χ4v) is 1.73. The number of carbonyl (C=O) groups is 1. The van der Waals surface area contributed by atoms with Crippen LogP contribution in [0.1, 0.15) is 60.8 Å². The van der Waals surface area contributed by atoms with Gasteiger partial charge in [0.15, 0.2) is 0 Å². The van der Waals surface area contributed by atoms with Crippen LogP contribution in [0.2, 0.25) is 0 Å². The van der Waals surface area contributed by atoms with Crippen LogP contribution in [0.3, 0.4) is 0 Å². The smallest absolute Gasteiger partial charge is 0.220 e. The van der Waals surface area contributed by atoms with Crippen molar-refractivity contribution in [3.8, 4) is 0 Å². The third-order valence-corrected chi connectivity index (χ3v) is 3.54. The first-order valence-electron chi connectivity index (χ1n) is 7.67. The van der Waals surface area contributed by atoms with E-state index in [-0.39, 0.29) is 17.0 Å².